The fraction of sp³-hybridized carbons (Fsp3) is 0.167. The summed E-state index contributed by atoms with van der Waals surface area (Å²) in [6.07, 6.45) is 5.10. The van der Waals surface area contributed by atoms with Gasteiger partial charge in [-0.15, -0.1) is 0 Å². The average molecular weight is 215 g/mol. The Morgan fingerprint density at radius 2 is 2.25 bits per heavy atom. The number of hydrogen-bond acceptors (Lipinski definition) is 2. The molecule has 0 atom stereocenters. The summed E-state index contributed by atoms with van der Waals surface area (Å²) >= 11 is 0. The summed E-state index contributed by atoms with van der Waals surface area (Å²) in [5, 5.41) is 6.88. The number of hydrogen-bond donors (Lipinski definition) is 1. The summed E-state index contributed by atoms with van der Waals surface area (Å²) < 4.78 is 1.75. The van der Waals surface area contributed by atoms with E-state index in [1.54, 1.807) is 16.8 Å². The Bertz CT molecular complexity index is 550. The van der Waals surface area contributed by atoms with E-state index in [0.717, 1.165) is 16.8 Å². The second-order valence-corrected chi connectivity index (χ2v) is 3.83. The highest BCUT2D eigenvalue weighted by Crippen LogP contribution is 2.11. The van der Waals surface area contributed by atoms with Gasteiger partial charge >= 0.3 is 0 Å². The van der Waals surface area contributed by atoms with Gasteiger partial charge in [-0.1, -0.05) is 5.57 Å². The van der Waals surface area contributed by atoms with Crippen LogP contribution in [0.3, 0.4) is 0 Å². The Balaban J connectivity index is 2.21. The molecule has 4 nitrogen and oxygen atoms in total. The lowest BCUT2D eigenvalue weighted by Crippen LogP contribution is -2.08. The molecule has 2 heterocycles. The molecule has 82 valence electrons. The van der Waals surface area contributed by atoms with Crippen LogP contribution in [0.4, 0.5) is 5.69 Å². The van der Waals surface area contributed by atoms with Crippen molar-refractivity contribution in [3.8, 4) is 0 Å². The minimum atomic E-state index is -0.108. The Labute approximate surface area is 93.6 Å². The van der Waals surface area contributed by atoms with Crippen molar-refractivity contribution in [1.29, 1.82) is 0 Å². The van der Waals surface area contributed by atoms with Gasteiger partial charge in [-0.05, 0) is 32.0 Å². The van der Waals surface area contributed by atoms with Crippen LogP contribution in [0.2, 0.25) is 0 Å². The fourth-order valence-corrected chi connectivity index (χ4v) is 1.44. The van der Waals surface area contributed by atoms with Gasteiger partial charge in [-0.2, -0.15) is 5.10 Å². The van der Waals surface area contributed by atoms with E-state index in [1.807, 2.05) is 38.2 Å². The van der Waals surface area contributed by atoms with Crippen LogP contribution in [-0.4, -0.2) is 15.5 Å². The maximum absolute atomic E-state index is 11.5. The fourth-order valence-electron chi connectivity index (χ4n) is 1.44. The molecule has 0 radical (unpaired) electrons. The van der Waals surface area contributed by atoms with Crippen molar-refractivity contribution < 1.29 is 4.79 Å². The first-order chi connectivity index (χ1) is 7.65. The molecule has 16 heavy (non-hydrogen) atoms. The SMILES string of the molecule is CC(C)=CC(=O)Nc1ccn2nccc2c1. The molecule has 2 aromatic heterocycles. The van der Waals surface area contributed by atoms with Crippen LogP contribution >= 0.6 is 0 Å². The molecule has 1 amide bonds. The normalized spacial score (nSPS) is 10.1. The third-order valence-corrected chi connectivity index (χ3v) is 2.09. The van der Waals surface area contributed by atoms with Crippen molar-refractivity contribution in [3.63, 3.8) is 0 Å². The lowest BCUT2D eigenvalue weighted by atomic mass is 10.3. The minimum Gasteiger partial charge on any atom is -0.322 e. The van der Waals surface area contributed by atoms with Gasteiger partial charge in [0.1, 0.15) is 0 Å². The molecule has 0 saturated heterocycles. The van der Waals surface area contributed by atoms with E-state index < -0.39 is 0 Å². The minimum absolute atomic E-state index is 0.108. The highest BCUT2D eigenvalue weighted by molar-refractivity contribution is 5.99. The van der Waals surface area contributed by atoms with Gasteiger partial charge in [0.15, 0.2) is 0 Å². The summed E-state index contributed by atoms with van der Waals surface area (Å²) in [5.74, 6) is -0.108. The second-order valence-electron chi connectivity index (χ2n) is 3.83. The first-order valence-corrected chi connectivity index (χ1v) is 5.04. The number of anilines is 1. The van der Waals surface area contributed by atoms with Crippen LogP contribution in [0.25, 0.3) is 5.52 Å². The lowest BCUT2D eigenvalue weighted by molar-refractivity contribution is -0.111. The van der Waals surface area contributed by atoms with Gasteiger partial charge in [0.2, 0.25) is 5.91 Å². The van der Waals surface area contributed by atoms with E-state index in [0.29, 0.717) is 0 Å². The number of aromatic nitrogens is 2. The molecule has 0 unspecified atom stereocenters. The van der Waals surface area contributed by atoms with E-state index in [-0.39, 0.29) is 5.91 Å². The number of allylic oxidation sites excluding steroid dienone is 1. The van der Waals surface area contributed by atoms with E-state index in [1.165, 1.54) is 0 Å². The number of nitrogens with zero attached hydrogens (tertiary/aromatic N) is 2. The number of amides is 1. The summed E-state index contributed by atoms with van der Waals surface area (Å²) in [5.41, 5.74) is 2.70. The van der Waals surface area contributed by atoms with Crippen LogP contribution in [0.15, 0.2) is 42.2 Å². The van der Waals surface area contributed by atoms with Gasteiger partial charge in [-0.25, -0.2) is 4.52 Å². The number of nitrogens with one attached hydrogen (secondary N) is 1. The topological polar surface area (TPSA) is 46.4 Å². The number of carbonyl (C=O) groups excluding carboxylic acids is 1. The quantitative estimate of drug-likeness (QED) is 0.781. The molecule has 0 spiro atoms. The van der Waals surface area contributed by atoms with E-state index in [2.05, 4.69) is 10.4 Å². The van der Waals surface area contributed by atoms with Crippen molar-refractivity contribution in [1.82, 2.24) is 9.61 Å². The third kappa shape index (κ3) is 2.28. The van der Waals surface area contributed by atoms with Gasteiger partial charge < -0.3 is 5.32 Å². The van der Waals surface area contributed by atoms with Gasteiger partial charge in [0, 0.05) is 24.2 Å². The summed E-state index contributed by atoms with van der Waals surface area (Å²) in [4.78, 5) is 11.5. The molecular formula is C12H13N3O. The maximum atomic E-state index is 11.5. The monoisotopic (exact) mass is 215 g/mol. The second kappa shape index (κ2) is 4.18. The maximum Gasteiger partial charge on any atom is 0.248 e. The summed E-state index contributed by atoms with van der Waals surface area (Å²) in [6.45, 7) is 3.78. The predicted octanol–water partition coefficient (Wildman–Crippen LogP) is 2.24. The highest BCUT2D eigenvalue weighted by atomic mass is 16.1. The van der Waals surface area contributed by atoms with Crippen molar-refractivity contribution in [2.45, 2.75) is 13.8 Å². The molecule has 4 heteroatoms. The van der Waals surface area contributed by atoms with Gasteiger partial charge in [0.05, 0.1) is 5.52 Å². The van der Waals surface area contributed by atoms with E-state index in [9.17, 15) is 4.79 Å². The molecule has 0 fully saturated rings. The highest BCUT2D eigenvalue weighted by Gasteiger charge is 2.00. The van der Waals surface area contributed by atoms with Gasteiger partial charge in [0.25, 0.3) is 0 Å². The zero-order valence-electron chi connectivity index (χ0n) is 9.27. The van der Waals surface area contributed by atoms with Crippen LogP contribution in [-0.2, 0) is 4.79 Å². The molecular weight excluding hydrogens is 202 g/mol. The smallest absolute Gasteiger partial charge is 0.248 e. The molecule has 0 aliphatic rings. The van der Waals surface area contributed by atoms with E-state index >= 15 is 0 Å². The molecule has 0 bridgehead atoms. The number of carbonyl (C=O) groups is 1. The van der Waals surface area contributed by atoms with Crippen LogP contribution in [0.5, 0.6) is 0 Å². The van der Waals surface area contributed by atoms with Crippen molar-refractivity contribution >= 4 is 17.1 Å². The summed E-state index contributed by atoms with van der Waals surface area (Å²) in [6, 6.07) is 5.58. The number of rotatable bonds is 2. The molecule has 0 saturated carbocycles. The first kappa shape index (κ1) is 10.4. The Morgan fingerprint density at radius 1 is 1.44 bits per heavy atom. The van der Waals surface area contributed by atoms with Gasteiger partial charge in [-0.3, -0.25) is 4.79 Å². The standard InChI is InChI=1S/C12H13N3O/c1-9(2)7-12(16)14-10-4-6-15-11(8-10)3-5-13-15/h3-8H,1-2H3,(H,14,16). The number of pyridine rings is 1. The summed E-state index contributed by atoms with van der Waals surface area (Å²) in [7, 11) is 0. The zero-order chi connectivity index (χ0) is 11.5. The molecule has 1 N–H and O–H groups in total. The van der Waals surface area contributed by atoms with Crippen LogP contribution in [0.1, 0.15) is 13.8 Å². The molecule has 0 aromatic carbocycles. The third-order valence-electron chi connectivity index (χ3n) is 2.09. The van der Waals surface area contributed by atoms with Crippen molar-refractivity contribution in [2.24, 2.45) is 0 Å². The predicted molar refractivity (Wildman–Crippen MR) is 63.3 cm³/mol. The first-order valence-electron chi connectivity index (χ1n) is 5.04. The molecule has 0 aliphatic carbocycles. The van der Waals surface area contributed by atoms with Crippen molar-refractivity contribution in [2.75, 3.05) is 5.32 Å². The Morgan fingerprint density at radius 3 is 3.00 bits per heavy atom. The Hall–Kier alpha value is -2.10. The van der Waals surface area contributed by atoms with Crippen LogP contribution < -0.4 is 5.32 Å². The Kier molecular flexibility index (Phi) is 2.72. The van der Waals surface area contributed by atoms with Crippen molar-refractivity contribution in [3.05, 3.63) is 42.2 Å². The molecule has 0 aliphatic heterocycles. The van der Waals surface area contributed by atoms with Crippen LogP contribution in [0, 0.1) is 0 Å². The lowest BCUT2D eigenvalue weighted by Gasteiger charge is -2.02. The zero-order valence-corrected chi connectivity index (χ0v) is 9.27. The number of fused-ring (bicyclic) bond motifs is 1. The average Bonchev–Trinajstić information content (AvgIpc) is 2.63. The molecule has 2 rings (SSSR count). The largest absolute Gasteiger partial charge is 0.322 e. The molecule has 2 aromatic rings. The van der Waals surface area contributed by atoms with E-state index in [4.69, 9.17) is 0 Å².